The lowest BCUT2D eigenvalue weighted by Gasteiger charge is -2.22. The van der Waals surface area contributed by atoms with E-state index in [9.17, 15) is 14.0 Å². The van der Waals surface area contributed by atoms with E-state index in [1.807, 2.05) is 0 Å². The normalized spacial score (nSPS) is 19.9. The lowest BCUT2D eigenvalue weighted by Crippen LogP contribution is -2.42. The monoisotopic (exact) mass is 266 g/mol. The summed E-state index contributed by atoms with van der Waals surface area (Å²) in [5.74, 6) is -0.811. The average Bonchev–Trinajstić information content (AvgIpc) is 2.51. The molecule has 2 rings (SSSR count). The SMILES string of the molecule is COc1cc(N2CCC(=O)NC(C)C2=O)ccc1F. The molecule has 1 fully saturated rings. The van der Waals surface area contributed by atoms with E-state index < -0.39 is 11.9 Å². The van der Waals surface area contributed by atoms with Gasteiger partial charge in [0.2, 0.25) is 11.8 Å². The maximum absolute atomic E-state index is 13.4. The Balaban J connectivity index is 2.34. The Hall–Kier alpha value is -2.11. The average molecular weight is 266 g/mol. The largest absolute Gasteiger partial charge is 0.494 e. The number of hydrogen-bond donors (Lipinski definition) is 1. The number of carbonyl (C=O) groups is 2. The summed E-state index contributed by atoms with van der Waals surface area (Å²) >= 11 is 0. The standard InChI is InChI=1S/C13H15FN2O3/c1-8-13(18)16(6-5-12(17)15-8)9-3-4-10(14)11(7-9)19-2/h3-4,7-8H,5-6H2,1-2H3,(H,15,17). The molecule has 1 heterocycles. The van der Waals surface area contributed by atoms with Gasteiger partial charge in [-0.25, -0.2) is 4.39 Å². The maximum Gasteiger partial charge on any atom is 0.249 e. The molecular weight excluding hydrogens is 251 g/mol. The fourth-order valence-corrected chi connectivity index (χ4v) is 2.01. The Morgan fingerprint density at radius 2 is 2.16 bits per heavy atom. The van der Waals surface area contributed by atoms with Crippen LogP contribution in [0.5, 0.6) is 5.75 Å². The number of hydrogen-bond acceptors (Lipinski definition) is 3. The number of halogens is 1. The second-order valence-electron chi connectivity index (χ2n) is 4.35. The lowest BCUT2D eigenvalue weighted by molar-refractivity contribution is -0.125. The maximum atomic E-state index is 13.4. The summed E-state index contributed by atoms with van der Waals surface area (Å²) in [5.41, 5.74) is 0.520. The Morgan fingerprint density at radius 3 is 2.84 bits per heavy atom. The number of methoxy groups -OCH3 is 1. The summed E-state index contributed by atoms with van der Waals surface area (Å²) in [6, 6.07) is 3.60. The molecule has 0 saturated carbocycles. The molecule has 0 bridgehead atoms. The van der Waals surface area contributed by atoms with Crippen molar-refractivity contribution < 1.29 is 18.7 Å². The molecule has 6 heteroatoms. The van der Waals surface area contributed by atoms with E-state index in [1.54, 1.807) is 6.92 Å². The van der Waals surface area contributed by atoms with Gasteiger partial charge in [-0.3, -0.25) is 9.59 Å². The van der Waals surface area contributed by atoms with Gasteiger partial charge in [0.1, 0.15) is 6.04 Å². The lowest BCUT2D eigenvalue weighted by atomic mass is 10.2. The summed E-state index contributed by atoms with van der Waals surface area (Å²) in [4.78, 5) is 25.0. The highest BCUT2D eigenvalue weighted by atomic mass is 19.1. The summed E-state index contributed by atoms with van der Waals surface area (Å²) in [5, 5.41) is 2.60. The second kappa shape index (κ2) is 5.26. The molecule has 1 aliphatic rings. The van der Waals surface area contributed by atoms with Gasteiger partial charge in [0.25, 0.3) is 0 Å². The van der Waals surface area contributed by atoms with Gasteiger partial charge in [-0.2, -0.15) is 0 Å². The van der Waals surface area contributed by atoms with E-state index in [0.717, 1.165) is 0 Å². The first kappa shape index (κ1) is 13.3. The van der Waals surface area contributed by atoms with Gasteiger partial charge in [0.05, 0.1) is 7.11 Å². The van der Waals surface area contributed by atoms with E-state index in [2.05, 4.69) is 5.32 Å². The Bertz CT molecular complexity index is 519. The zero-order valence-electron chi connectivity index (χ0n) is 10.8. The zero-order valence-corrected chi connectivity index (χ0v) is 10.8. The third-order valence-electron chi connectivity index (χ3n) is 3.02. The number of carbonyl (C=O) groups excluding carboxylic acids is 2. The summed E-state index contributed by atoms with van der Waals surface area (Å²) in [6.07, 6.45) is 0.218. The van der Waals surface area contributed by atoms with Crippen LogP contribution in [0.2, 0.25) is 0 Å². The van der Waals surface area contributed by atoms with Gasteiger partial charge in [-0.15, -0.1) is 0 Å². The molecule has 0 radical (unpaired) electrons. The topological polar surface area (TPSA) is 58.6 Å². The highest BCUT2D eigenvalue weighted by Crippen LogP contribution is 2.25. The minimum atomic E-state index is -0.592. The van der Waals surface area contributed by atoms with Crippen LogP contribution in [0, 0.1) is 5.82 Å². The minimum Gasteiger partial charge on any atom is -0.494 e. The molecule has 102 valence electrons. The number of nitrogens with one attached hydrogen (secondary N) is 1. The fraction of sp³-hybridized carbons (Fsp3) is 0.385. The first-order chi connectivity index (χ1) is 9.02. The second-order valence-corrected chi connectivity index (χ2v) is 4.35. The smallest absolute Gasteiger partial charge is 0.249 e. The van der Waals surface area contributed by atoms with Crippen LogP contribution in [-0.4, -0.2) is 31.5 Å². The molecule has 1 unspecified atom stereocenters. The summed E-state index contributed by atoms with van der Waals surface area (Å²) in [7, 11) is 1.36. The Morgan fingerprint density at radius 1 is 1.42 bits per heavy atom. The predicted octanol–water partition coefficient (Wildman–Crippen LogP) is 1.08. The molecule has 0 aliphatic carbocycles. The van der Waals surface area contributed by atoms with Crippen molar-refractivity contribution in [2.24, 2.45) is 0 Å². The van der Waals surface area contributed by atoms with Crippen LogP contribution < -0.4 is 15.0 Å². The molecular formula is C13H15FN2O3. The van der Waals surface area contributed by atoms with Crippen molar-refractivity contribution in [1.82, 2.24) is 5.32 Å². The minimum absolute atomic E-state index is 0.0708. The first-order valence-electron chi connectivity index (χ1n) is 5.97. The van der Waals surface area contributed by atoms with Crippen LogP contribution in [0.4, 0.5) is 10.1 Å². The van der Waals surface area contributed by atoms with E-state index in [-0.39, 0.29) is 30.5 Å². The number of anilines is 1. The molecule has 5 nitrogen and oxygen atoms in total. The molecule has 0 spiro atoms. The van der Waals surface area contributed by atoms with Crippen LogP contribution in [0.3, 0.4) is 0 Å². The van der Waals surface area contributed by atoms with Crippen LogP contribution in [0.1, 0.15) is 13.3 Å². The van der Waals surface area contributed by atoms with Gasteiger partial charge in [0, 0.05) is 24.7 Å². The Kier molecular flexibility index (Phi) is 3.69. The van der Waals surface area contributed by atoms with Crippen molar-refractivity contribution in [3.8, 4) is 5.75 Å². The fourth-order valence-electron chi connectivity index (χ4n) is 2.01. The van der Waals surface area contributed by atoms with Gasteiger partial charge in [0.15, 0.2) is 11.6 Å². The third kappa shape index (κ3) is 2.67. The van der Waals surface area contributed by atoms with Gasteiger partial charge >= 0.3 is 0 Å². The van der Waals surface area contributed by atoms with E-state index in [0.29, 0.717) is 5.69 Å². The number of amides is 2. The molecule has 1 atom stereocenters. The van der Waals surface area contributed by atoms with Crippen LogP contribution in [0.25, 0.3) is 0 Å². The number of nitrogens with zero attached hydrogens (tertiary/aromatic N) is 1. The molecule has 1 aromatic carbocycles. The molecule has 1 saturated heterocycles. The molecule has 1 N–H and O–H groups in total. The zero-order chi connectivity index (χ0) is 14.0. The van der Waals surface area contributed by atoms with Crippen molar-refractivity contribution in [3.63, 3.8) is 0 Å². The van der Waals surface area contributed by atoms with Crippen LogP contribution in [-0.2, 0) is 9.59 Å². The molecule has 19 heavy (non-hydrogen) atoms. The van der Waals surface area contributed by atoms with Crippen LogP contribution >= 0.6 is 0 Å². The molecule has 0 aromatic heterocycles. The van der Waals surface area contributed by atoms with E-state index >= 15 is 0 Å². The quantitative estimate of drug-likeness (QED) is 0.871. The highest BCUT2D eigenvalue weighted by Gasteiger charge is 2.27. The first-order valence-corrected chi connectivity index (χ1v) is 5.97. The summed E-state index contributed by atoms with van der Waals surface area (Å²) < 4.78 is 18.3. The van der Waals surface area contributed by atoms with Gasteiger partial charge in [-0.05, 0) is 19.1 Å². The molecule has 1 aliphatic heterocycles. The predicted molar refractivity (Wildman–Crippen MR) is 67.5 cm³/mol. The number of benzene rings is 1. The van der Waals surface area contributed by atoms with Crippen molar-refractivity contribution in [2.75, 3.05) is 18.6 Å². The molecule has 2 amide bonds. The van der Waals surface area contributed by atoms with E-state index in [4.69, 9.17) is 4.74 Å². The number of rotatable bonds is 2. The molecule has 1 aromatic rings. The van der Waals surface area contributed by atoms with Crippen molar-refractivity contribution in [3.05, 3.63) is 24.0 Å². The van der Waals surface area contributed by atoms with Crippen LogP contribution in [0.15, 0.2) is 18.2 Å². The van der Waals surface area contributed by atoms with Gasteiger partial charge < -0.3 is 15.0 Å². The Labute approximate surface area is 110 Å². The summed E-state index contributed by atoms with van der Waals surface area (Å²) in [6.45, 7) is 1.89. The van der Waals surface area contributed by atoms with E-state index in [1.165, 1.54) is 30.2 Å². The number of ether oxygens (including phenoxy) is 1. The third-order valence-corrected chi connectivity index (χ3v) is 3.02. The van der Waals surface area contributed by atoms with Crippen molar-refractivity contribution in [2.45, 2.75) is 19.4 Å². The highest BCUT2D eigenvalue weighted by molar-refractivity contribution is 6.01. The van der Waals surface area contributed by atoms with Gasteiger partial charge in [-0.1, -0.05) is 0 Å². The van der Waals surface area contributed by atoms with Crippen molar-refractivity contribution in [1.29, 1.82) is 0 Å². The van der Waals surface area contributed by atoms with Crippen molar-refractivity contribution >= 4 is 17.5 Å².